The van der Waals surface area contributed by atoms with E-state index in [1.54, 1.807) is 37.1 Å². The molecule has 0 aliphatic rings. The van der Waals surface area contributed by atoms with Crippen LogP contribution in [0.3, 0.4) is 0 Å². The van der Waals surface area contributed by atoms with Gasteiger partial charge in [0.1, 0.15) is 0 Å². The lowest BCUT2D eigenvalue weighted by Crippen LogP contribution is -2.63. The number of hydrogen-bond donors (Lipinski definition) is 4. The molecule has 4 aromatic rings. The molecule has 0 saturated heterocycles. The van der Waals surface area contributed by atoms with Gasteiger partial charge >= 0.3 is 6.18 Å². The number of benzene rings is 1. The number of nitrogens with zero attached hydrogens (tertiary/aromatic N) is 6. The summed E-state index contributed by atoms with van der Waals surface area (Å²) in [5.41, 5.74) is -1.53. The molecule has 17 heteroatoms. The Kier molecular flexibility index (Phi) is 9.87. The summed E-state index contributed by atoms with van der Waals surface area (Å²) in [5.74, 6) is -0.313. The van der Waals surface area contributed by atoms with E-state index >= 15 is 0 Å². The first-order valence-corrected chi connectivity index (χ1v) is 12.5. The van der Waals surface area contributed by atoms with Gasteiger partial charge in [-0.3, -0.25) is 23.9 Å². The van der Waals surface area contributed by atoms with E-state index in [1.807, 2.05) is 6.92 Å². The van der Waals surface area contributed by atoms with E-state index < -0.39 is 23.4 Å². The lowest BCUT2D eigenvalue weighted by Gasteiger charge is -2.40. The highest BCUT2D eigenvalue weighted by atomic mass is 35.5. The van der Waals surface area contributed by atoms with Gasteiger partial charge in [0.05, 0.1) is 28.0 Å². The van der Waals surface area contributed by atoms with Crippen molar-refractivity contribution >= 4 is 47.4 Å². The maximum atomic E-state index is 13.4. The fourth-order valence-corrected chi connectivity index (χ4v) is 4.57. The minimum atomic E-state index is -4.65. The number of fused-ring (bicyclic) bond motifs is 1. The zero-order valence-electron chi connectivity index (χ0n) is 22.8. The maximum Gasteiger partial charge on any atom is 0.435 e. The highest BCUT2D eigenvalue weighted by molar-refractivity contribution is 6.34. The lowest BCUT2D eigenvalue weighted by atomic mass is 10.1. The van der Waals surface area contributed by atoms with Gasteiger partial charge in [-0.05, 0) is 25.1 Å². The van der Waals surface area contributed by atoms with Gasteiger partial charge in [0, 0.05) is 44.9 Å². The van der Waals surface area contributed by atoms with Crippen molar-refractivity contribution in [3.63, 3.8) is 0 Å². The van der Waals surface area contributed by atoms with Gasteiger partial charge < -0.3 is 15.7 Å². The van der Waals surface area contributed by atoms with Crippen molar-refractivity contribution in [2.24, 2.45) is 0 Å². The summed E-state index contributed by atoms with van der Waals surface area (Å²) < 4.78 is 41.6. The van der Waals surface area contributed by atoms with E-state index in [0.29, 0.717) is 18.5 Å². The monoisotopic (exact) mass is 609 g/mol. The Morgan fingerprint density at radius 1 is 1.24 bits per heavy atom. The third-order valence-corrected chi connectivity index (χ3v) is 6.32. The molecule has 1 aromatic carbocycles. The summed E-state index contributed by atoms with van der Waals surface area (Å²) in [6.07, 6.45) is 1.32. The van der Waals surface area contributed by atoms with Crippen LogP contribution < -0.4 is 10.6 Å². The quantitative estimate of drug-likeness (QED) is 0.125. The molecular formula is C25H27ClF3N9O4. The minimum absolute atomic E-state index is 0.0999. The van der Waals surface area contributed by atoms with Crippen LogP contribution in [0.25, 0.3) is 16.9 Å². The summed E-state index contributed by atoms with van der Waals surface area (Å²) in [5, 5.41) is 21.7. The maximum absolute atomic E-state index is 13.4. The van der Waals surface area contributed by atoms with Gasteiger partial charge in [-0.15, -0.1) is 0 Å². The van der Waals surface area contributed by atoms with Crippen molar-refractivity contribution in [1.29, 1.82) is 0 Å². The number of anilines is 2. The molecule has 0 bridgehead atoms. The average molecular weight is 610 g/mol. The Labute approximate surface area is 242 Å². The van der Waals surface area contributed by atoms with Gasteiger partial charge in [-0.1, -0.05) is 18.5 Å². The molecule has 1 atom stereocenters. The van der Waals surface area contributed by atoms with Crippen molar-refractivity contribution in [2.75, 3.05) is 26.0 Å². The summed E-state index contributed by atoms with van der Waals surface area (Å²) in [6, 6.07) is 4.55. The fourth-order valence-electron chi connectivity index (χ4n) is 4.30. The molecule has 4 N–H and O–H groups in total. The van der Waals surface area contributed by atoms with Crippen molar-refractivity contribution in [1.82, 2.24) is 39.9 Å². The number of rotatable bonds is 9. The van der Waals surface area contributed by atoms with E-state index in [4.69, 9.17) is 21.5 Å². The predicted octanol–water partition coefficient (Wildman–Crippen LogP) is 3.68. The van der Waals surface area contributed by atoms with Crippen LogP contribution in [0.15, 0.2) is 43.0 Å². The van der Waals surface area contributed by atoms with E-state index in [0.717, 1.165) is 6.20 Å². The van der Waals surface area contributed by atoms with Crippen molar-refractivity contribution < 1.29 is 32.7 Å². The molecule has 0 saturated carbocycles. The number of aromatic amines is 1. The second kappa shape index (κ2) is 13.0. The molecule has 1 amide bonds. The largest absolute Gasteiger partial charge is 0.483 e. The van der Waals surface area contributed by atoms with Crippen LogP contribution in [-0.2, 0) is 15.8 Å². The molecule has 224 valence electrons. The van der Waals surface area contributed by atoms with Gasteiger partial charge in [-0.2, -0.15) is 18.3 Å². The Morgan fingerprint density at radius 2 is 1.93 bits per heavy atom. The molecule has 0 spiro atoms. The smallest absolute Gasteiger partial charge is 0.435 e. The third-order valence-electron chi connectivity index (χ3n) is 6.00. The molecule has 42 heavy (non-hydrogen) atoms. The summed E-state index contributed by atoms with van der Waals surface area (Å²) in [6.45, 7) is 3.64. The summed E-state index contributed by atoms with van der Waals surface area (Å²) in [7, 11) is 3.51. The van der Waals surface area contributed by atoms with Gasteiger partial charge in [0.15, 0.2) is 29.1 Å². The minimum Gasteiger partial charge on any atom is -0.483 e. The Bertz CT molecular complexity index is 1570. The Morgan fingerprint density at radius 3 is 2.50 bits per heavy atom. The first-order chi connectivity index (χ1) is 19.8. The number of nitrogens with one attached hydrogen (secondary N) is 3. The number of carboxylic acid groups (broad SMARTS) is 1. The Hall–Kier alpha value is -4.54. The molecule has 3 heterocycles. The van der Waals surface area contributed by atoms with E-state index in [1.165, 1.54) is 35.1 Å². The van der Waals surface area contributed by atoms with Crippen molar-refractivity contribution in [3.8, 4) is 11.3 Å². The van der Waals surface area contributed by atoms with E-state index in [9.17, 15) is 22.8 Å². The highest BCUT2D eigenvalue weighted by Gasteiger charge is 2.38. The van der Waals surface area contributed by atoms with Crippen LogP contribution in [0.4, 0.5) is 24.7 Å². The fraction of sp³-hybridized carbons (Fsp3) is 0.280. The standard InChI is InChI=1S/C24H25ClF3N9O2.CH2O2/c1-5-37(35(3)4)23(2,13-38)33-22(39)15-7-6-14(10-17(15)25)32-20-21-30-12-18(36(21)9-8-29-20)16-11-31-34-19(16)24(26,27)28;2-1-3/h6-13H,5H2,1-4H3,(H,29,32)(H,31,34)(H,33,39);1H,(H,2,3)/t23-;/m1./s1. The number of aromatic nitrogens is 5. The summed E-state index contributed by atoms with van der Waals surface area (Å²) in [4.78, 5) is 41.7. The topological polar surface area (TPSA) is 161 Å². The van der Waals surface area contributed by atoms with Gasteiger partial charge in [-0.25, -0.2) is 20.0 Å². The van der Waals surface area contributed by atoms with Crippen molar-refractivity contribution in [2.45, 2.75) is 25.7 Å². The molecule has 0 aliphatic carbocycles. The number of likely N-dealkylation sites (N-methyl/N-ethyl adjacent to an activating group) is 1. The van der Waals surface area contributed by atoms with Gasteiger partial charge in [0.2, 0.25) is 0 Å². The SMILES string of the molecule is CCN(N(C)C)[C@](C)(C=O)NC(=O)c1ccc(Nc2nccn3c(-c4c[nH]nc4C(F)(F)F)cnc23)cc1Cl.O=CO. The van der Waals surface area contributed by atoms with Crippen molar-refractivity contribution in [3.05, 3.63) is 59.3 Å². The number of carbonyl (C=O) groups is 3. The number of halogens is 4. The number of alkyl halides is 3. The van der Waals surface area contributed by atoms with Crippen LogP contribution in [-0.4, -0.2) is 84.7 Å². The zero-order valence-corrected chi connectivity index (χ0v) is 23.5. The van der Waals surface area contributed by atoms with Crippen LogP contribution in [0, 0.1) is 0 Å². The normalized spacial score (nSPS) is 12.9. The number of hydrogen-bond acceptors (Lipinski definition) is 9. The molecule has 0 aliphatic heterocycles. The summed E-state index contributed by atoms with van der Waals surface area (Å²) >= 11 is 6.42. The van der Waals surface area contributed by atoms with Crippen LogP contribution >= 0.6 is 11.6 Å². The van der Waals surface area contributed by atoms with Gasteiger partial charge in [0.25, 0.3) is 12.4 Å². The highest BCUT2D eigenvalue weighted by Crippen LogP contribution is 2.36. The third kappa shape index (κ3) is 6.67. The number of H-pyrrole nitrogens is 1. The average Bonchev–Trinajstić information content (AvgIpc) is 3.57. The second-order valence-electron chi connectivity index (χ2n) is 8.97. The van der Waals surface area contributed by atoms with Crippen LogP contribution in [0.1, 0.15) is 29.9 Å². The molecule has 0 unspecified atom stereocenters. The number of aldehydes is 1. The zero-order chi connectivity index (χ0) is 31.2. The van der Waals surface area contributed by atoms with E-state index in [2.05, 4.69) is 30.8 Å². The predicted molar refractivity (Wildman–Crippen MR) is 147 cm³/mol. The number of carbonyl (C=O) groups excluding carboxylic acids is 2. The molecule has 0 fully saturated rings. The van der Waals surface area contributed by atoms with E-state index in [-0.39, 0.29) is 39.8 Å². The number of hydrazine groups is 1. The number of imidazole rings is 1. The molecule has 0 radical (unpaired) electrons. The first-order valence-electron chi connectivity index (χ1n) is 12.1. The lowest BCUT2D eigenvalue weighted by molar-refractivity contribution is -0.140. The number of amides is 1. The second-order valence-corrected chi connectivity index (χ2v) is 9.37. The molecule has 4 rings (SSSR count). The molecule has 3 aromatic heterocycles. The Balaban J connectivity index is 0.00000155. The first kappa shape index (κ1) is 32.0. The van der Waals surface area contributed by atoms with Crippen LogP contribution in [0.5, 0.6) is 0 Å². The molecule has 13 nitrogen and oxygen atoms in total. The molecular weight excluding hydrogens is 583 g/mol. The van der Waals surface area contributed by atoms with Crippen LogP contribution in [0.2, 0.25) is 5.02 Å².